The van der Waals surface area contributed by atoms with Crippen LogP contribution in [0.4, 0.5) is 0 Å². The van der Waals surface area contributed by atoms with Gasteiger partial charge < -0.3 is 5.11 Å². The normalized spacial score (nSPS) is 13.4. The molecule has 2 aromatic carbocycles. The van der Waals surface area contributed by atoms with Gasteiger partial charge in [-0.25, -0.2) is 4.79 Å². The summed E-state index contributed by atoms with van der Waals surface area (Å²) in [7, 11) is 0. The van der Waals surface area contributed by atoms with E-state index in [1.807, 2.05) is 18.2 Å². The van der Waals surface area contributed by atoms with E-state index in [2.05, 4.69) is 0 Å². The van der Waals surface area contributed by atoms with E-state index in [1.54, 1.807) is 18.2 Å². The fourth-order valence-corrected chi connectivity index (χ4v) is 3.38. The number of hydrogen-bond donors (Lipinski definition) is 1. The van der Waals surface area contributed by atoms with Crippen LogP contribution in [0.15, 0.2) is 47.4 Å². The van der Waals surface area contributed by atoms with E-state index in [-0.39, 0.29) is 11.3 Å². The number of carboxylic acids is 1. The van der Waals surface area contributed by atoms with E-state index >= 15 is 0 Å². The molecule has 0 fully saturated rings. The van der Waals surface area contributed by atoms with Crippen LogP contribution in [0.25, 0.3) is 0 Å². The molecule has 4 heteroatoms. The highest BCUT2D eigenvalue weighted by Crippen LogP contribution is 2.35. The molecule has 1 N–H and O–H groups in total. The third-order valence-corrected chi connectivity index (χ3v) is 4.31. The Hall–Kier alpha value is -2.07. The number of aromatic carboxylic acids is 1. The van der Waals surface area contributed by atoms with Gasteiger partial charge in [-0.15, -0.1) is 11.8 Å². The summed E-state index contributed by atoms with van der Waals surface area (Å²) in [4.78, 5) is 24.3. The van der Waals surface area contributed by atoms with E-state index in [9.17, 15) is 14.7 Å². The van der Waals surface area contributed by atoms with Crippen molar-refractivity contribution in [3.8, 4) is 0 Å². The molecule has 0 aromatic heterocycles. The first-order valence-corrected chi connectivity index (χ1v) is 6.79. The van der Waals surface area contributed by atoms with Crippen LogP contribution in [0.1, 0.15) is 31.8 Å². The maximum absolute atomic E-state index is 12.5. The maximum atomic E-state index is 12.5. The second-order valence-electron chi connectivity index (χ2n) is 4.26. The molecule has 0 atom stereocenters. The predicted molar refractivity (Wildman–Crippen MR) is 72.8 cm³/mol. The Labute approximate surface area is 114 Å². The lowest BCUT2D eigenvalue weighted by atomic mass is 9.98. The fraction of sp³-hybridized carbons (Fsp3) is 0.0667. The minimum Gasteiger partial charge on any atom is -0.478 e. The molecular formula is C15H10O3S. The molecule has 1 aliphatic rings. The van der Waals surface area contributed by atoms with Crippen molar-refractivity contribution in [3.05, 3.63) is 64.7 Å². The average molecular weight is 270 g/mol. The van der Waals surface area contributed by atoms with Crippen LogP contribution in [0.2, 0.25) is 0 Å². The minimum absolute atomic E-state index is 0.0984. The quantitative estimate of drug-likeness (QED) is 0.864. The van der Waals surface area contributed by atoms with Gasteiger partial charge >= 0.3 is 5.97 Å². The molecule has 19 heavy (non-hydrogen) atoms. The van der Waals surface area contributed by atoms with Crippen LogP contribution < -0.4 is 0 Å². The summed E-state index contributed by atoms with van der Waals surface area (Å²) in [6.45, 7) is 0. The van der Waals surface area contributed by atoms with Crippen molar-refractivity contribution in [2.24, 2.45) is 0 Å². The largest absolute Gasteiger partial charge is 0.478 e. The molecule has 3 nitrogen and oxygen atoms in total. The predicted octanol–water partition coefficient (Wildman–Crippen LogP) is 3.22. The number of rotatable bonds is 1. The third-order valence-electron chi connectivity index (χ3n) is 3.12. The lowest BCUT2D eigenvalue weighted by Crippen LogP contribution is -2.06. The average Bonchev–Trinajstić information content (AvgIpc) is 2.57. The van der Waals surface area contributed by atoms with Crippen molar-refractivity contribution in [1.82, 2.24) is 0 Å². The van der Waals surface area contributed by atoms with Crippen LogP contribution in [0, 0.1) is 0 Å². The highest BCUT2D eigenvalue weighted by molar-refractivity contribution is 7.98. The first kappa shape index (κ1) is 12.0. The number of carboxylic acid groups (broad SMARTS) is 1. The molecule has 0 aliphatic carbocycles. The summed E-state index contributed by atoms with van der Waals surface area (Å²) in [5, 5.41) is 9.21. The number of hydrogen-bond acceptors (Lipinski definition) is 3. The van der Waals surface area contributed by atoms with Crippen LogP contribution in [0.3, 0.4) is 0 Å². The highest BCUT2D eigenvalue weighted by atomic mass is 32.2. The van der Waals surface area contributed by atoms with Gasteiger partial charge in [0.15, 0.2) is 5.78 Å². The molecule has 0 amide bonds. The molecule has 0 bridgehead atoms. The Bertz CT molecular complexity index is 692. The Morgan fingerprint density at radius 2 is 1.79 bits per heavy atom. The lowest BCUT2D eigenvalue weighted by molar-refractivity contribution is 0.0693. The van der Waals surface area contributed by atoms with E-state index < -0.39 is 5.97 Å². The molecule has 3 rings (SSSR count). The van der Waals surface area contributed by atoms with Gasteiger partial charge in [0.05, 0.1) is 5.56 Å². The molecule has 0 saturated carbocycles. The maximum Gasteiger partial charge on any atom is 0.336 e. The molecule has 1 heterocycles. The first-order chi connectivity index (χ1) is 9.18. The van der Waals surface area contributed by atoms with Gasteiger partial charge in [0.25, 0.3) is 0 Å². The highest BCUT2D eigenvalue weighted by Gasteiger charge is 2.24. The second kappa shape index (κ2) is 4.55. The van der Waals surface area contributed by atoms with Crippen LogP contribution in [-0.4, -0.2) is 16.9 Å². The zero-order valence-electron chi connectivity index (χ0n) is 9.92. The summed E-state index contributed by atoms with van der Waals surface area (Å²) < 4.78 is 0. The Balaban J connectivity index is 2.23. The summed E-state index contributed by atoms with van der Waals surface area (Å²) in [5.41, 5.74) is 2.29. The third kappa shape index (κ3) is 1.94. The fourth-order valence-electron chi connectivity index (χ4n) is 2.20. The van der Waals surface area contributed by atoms with E-state index in [4.69, 9.17) is 0 Å². The van der Waals surface area contributed by atoms with Gasteiger partial charge in [-0.3, -0.25) is 4.79 Å². The van der Waals surface area contributed by atoms with Crippen molar-refractivity contribution < 1.29 is 14.7 Å². The van der Waals surface area contributed by atoms with Crippen molar-refractivity contribution >= 4 is 23.5 Å². The zero-order chi connectivity index (χ0) is 13.4. The molecule has 0 radical (unpaired) electrons. The monoisotopic (exact) mass is 270 g/mol. The van der Waals surface area contributed by atoms with Crippen molar-refractivity contribution in [3.63, 3.8) is 0 Å². The molecule has 0 saturated heterocycles. The molecule has 0 unspecified atom stereocenters. The summed E-state index contributed by atoms with van der Waals surface area (Å²) in [6, 6.07) is 12.3. The Kier molecular flexibility index (Phi) is 2.87. The number of carbonyl (C=O) groups is 2. The molecule has 0 spiro atoms. The number of benzene rings is 2. The zero-order valence-corrected chi connectivity index (χ0v) is 10.7. The minimum atomic E-state index is -0.997. The summed E-state index contributed by atoms with van der Waals surface area (Å²) in [6.07, 6.45) is 0. The Morgan fingerprint density at radius 3 is 2.58 bits per heavy atom. The van der Waals surface area contributed by atoms with Gasteiger partial charge in [0.1, 0.15) is 0 Å². The van der Waals surface area contributed by atoms with Gasteiger partial charge in [0.2, 0.25) is 0 Å². The molecule has 2 aromatic rings. The van der Waals surface area contributed by atoms with Gasteiger partial charge in [-0.05, 0) is 17.7 Å². The van der Waals surface area contributed by atoms with Crippen LogP contribution in [-0.2, 0) is 5.75 Å². The van der Waals surface area contributed by atoms with E-state index in [0.717, 1.165) is 5.56 Å². The number of fused-ring (bicyclic) bond motifs is 2. The van der Waals surface area contributed by atoms with Gasteiger partial charge in [0, 0.05) is 21.8 Å². The van der Waals surface area contributed by atoms with Crippen molar-refractivity contribution in [2.75, 3.05) is 0 Å². The second-order valence-corrected chi connectivity index (χ2v) is 5.25. The van der Waals surface area contributed by atoms with Crippen molar-refractivity contribution in [1.29, 1.82) is 0 Å². The number of carbonyl (C=O) groups excluding carboxylic acids is 1. The molecule has 94 valence electrons. The summed E-state index contributed by atoms with van der Waals surface area (Å²) >= 11 is 1.41. The molecular weight excluding hydrogens is 260 g/mol. The lowest BCUT2D eigenvalue weighted by Gasteiger charge is -2.07. The molecule has 1 aliphatic heterocycles. The number of ketones is 1. The summed E-state index contributed by atoms with van der Waals surface area (Å²) in [5.74, 6) is -0.485. The van der Waals surface area contributed by atoms with E-state index in [1.165, 1.54) is 17.8 Å². The van der Waals surface area contributed by atoms with Gasteiger partial charge in [-0.2, -0.15) is 0 Å². The van der Waals surface area contributed by atoms with Crippen molar-refractivity contribution in [2.45, 2.75) is 10.6 Å². The van der Waals surface area contributed by atoms with E-state index in [0.29, 0.717) is 21.8 Å². The van der Waals surface area contributed by atoms with Crippen LogP contribution in [0.5, 0.6) is 0 Å². The first-order valence-electron chi connectivity index (χ1n) is 5.80. The standard InChI is InChI=1S/C15H10O3S/c16-13-10-5-2-1-4-9(10)8-19-14-11(13)6-3-7-12(14)15(17)18/h1-7H,8H2,(H,17,18). The smallest absolute Gasteiger partial charge is 0.336 e. The number of thioether (sulfide) groups is 1. The SMILES string of the molecule is O=C(O)c1cccc2c1SCc1ccccc1C2=O. The van der Waals surface area contributed by atoms with Gasteiger partial charge in [-0.1, -0.05) is 30.3 Å². The van der Waals surface area contributed by atoms with Crippen LogP contribution >= 0.6 is 11.8 Å². The Morgan fingerprint density at radius 1 is 1.05 bits per heavy atom. The topological polar surface area (TPSA) is 54.4 Å².